The second-order valence-corrected chi connectivity index (χ2v) is 5.13. The maximum absolute atomic E-state index is 12.3. The molecule has 3 rings (SSSR count). The van der Waals surface area contributed by atoms with E-state index in [0.717, 1.165) is 25.7 Å². The molecule has 0 radical (unpaired) electrons. The van der Waals surface area contributed by atoms with Crippen LogP contribution in [0.4, 0.5) is 0 Å². The first-order valence-corrected chi connectivity index (χ1v) is 6.72. The molecule has 0 spiro atoms. The Morgan fingerprint density at radius 1 is 1.42 bits per heavy atom. The van der Waals surface area contributed by atoms with Crippen LogP contribution in [-0.2, 0) is 4.84 Å². The van der Waals surface area contributed by atoms with Gasteiger partial charge < -0.3 is 4.98 Å². The number of amides is 1. The van der Waals surface area contributed by atoms with E-state index in [1.54, 1.807) is 6.92 Å². The number of carbonyl (C=O) groups excluding carboxylic acids is 1. The number of aromatic amines is 1. The molecule has 19 heavy (non-hydrogen) atoms. The van der Waals surface area contributed by atoms with E-state index in [1.807, 2.05) is 0 Å². The molecule has 0 atom stereocenters. The van der Waals surface area contributed by atoms with Crippen LogP contribution < -0.4 is 5.56 Å². The summed E-state index contributed by atoms with van der Waals surface area (Å²) in [5.74, 6) is 0.689. The van der Waals surface area contributed by atoms with Crippen molar-refractivity contribution in [2.75, 3.05) is 13.2 Å². The molecule has 2 aliphatic rings. The first kappa shape index (κ1) is 12.3. The molecule has 1 aliphatic carbocycles. The molecule has 0 aromatic carbocycles. The third-order valence-electron chi connectivity index (χ3n) is 3.53. The van der Waals surface area contributed by atoms with E-state index in [4.69, 9.17) is 4.84 Å². The number of carbonyl (C=O) groups is 1. The number of nitrogens with one attached hydrogen (secondary N) is 1. The molecule has 102 valence electrons. The van der Waals surface area contributed by atoms with Crippen LogP contribution in [-0.4, -0.2) is 34.1 Å². The van der Waals surface area contributed by atoms with Gasteiger partial charge in [-0.2, -0.15) is 0 Å². The van der Waals surface area contributed by atoms with Crippen LogP contribution in [0.25, 0.3) is 0 Å². The summed E-state index contributed by atoms with van der Waals surface area (Å²) >= 11 is 0. The maximum Gasteiger partial charge on any atom is 0.284 e. The van der Waals surface area contributed by atoms with Crippen LogP contribution in [0.2, 0.25) is 0 Å². The van der Waals surface area contributed by atoms with E-state index in [-0.39, 0.29) is 17.0 Å². The van der Waals surface area contributed by atoms with Crippen LogP contribution in [0.3, 0.4) is 0 Å². The van der Waals surface area contributed by atoms with E-state index in [0.29, 0.717) is 30.6 Å². The first-order valence-electron chi connectivity index (χ1n) is 6.72. The highest BCUT2D eigenvalue weighted by atomic mass is 16.7. The van der Waals surface area contributed by atoms with Crippen molar-refractivity contribution in [1.29, 1.82) is 0 Å². The van der Waals surface area contributed by atoms with E-state index in [2.05, 4.69) is 9.97 Å². The predicted octanol–water partition coefficient (Wildman–Crippen LogP) is 1.12. The molecule has 1 aromatic rings. The van der Waals surface area contributed by atoms with Crippen LogP contribution >= 0.6 is 0 Å². The Morgan fingerprint density at radius 2 is 2.21 bits per heavy atom. The van der Waals surface area contributed by atoms with Crippen molar-refractivity contribution in [3.63, 3.8) is 0 Å². The summed E-state index contributed by atoms with van der Waals surface area (Å²) in [6.45, 7) is 2.76. The fourth-order valence-electron chi connectivity index (χ4n) is 2.29. The Morgan fingerprint density at radius 3 is 2.79 bits per heavy atom. The summed E-state index contributed by atoms with van der Waals surface area (Å²) in [5.41, 5.74) is 0.240. The average Bonchev–Trinajstić information content (AvgIpc) is 3.23. The van der Waals surface area contributed by atoms with Gasteiger partial charge in [0.05, 0.1) is 12.3 Å². The smallest absolute Gasteiger partial charge is 0.284 e. The molecule has 2 fully saturated rings. The number of H-pyrrole nitrogens is 1. The summed E-state index contributed by atoms with van der Waals surface area (Å²) < 4.78 is 0. The molecule has 0 unspecified atom stereocenters. The zero-order chi connectivity index (χ0) is 13.4. The number of hydroxylamine groups is 2. The summed E-state index contributed by atoms with van der Waals surface area (Å²) in [6.07, 6.45) is 3.96. The molecule has 1 saturated heterocycles. The largest absolute Gasteiger partial charge is 0.310 e. The number of hydrogen-bond acceptors (Lipinski definition) is 4. The summed E-state index contributed by atoms with van der Waals surface area (Å²) in [5, 5.41) is 1.28. The number of rotatable bonds is 2. The van der Waals surface area contributed by atoms with Gasteiger partial charge in [-0.25, -0.2) is 10.0 Å². The Bertz CT molecular complexity index is 557. The second kappa shape index (κ2) is 4.77. The van der Waals surface area contributed by atoms with Crippen molar-refractivity contribution >= 4 is 5.91 Å². The molecule has 1 aromatic heterocycles. The van der Waals surface area contributed by atoms with Crippen molar-refractivity contribution in [2.24, 2.45) is 0 Å². The standard InChI is InChI=1S/C13H17N3O3/c1-8-10(13(18)16-6-2-3-7-19-16)12(17)15-11(14-8)9-4-5-9/h9H,2-7H2,1H3,(H,14,15,17). The van der Waals surface area contributed by atoms with Crippen LogP contribution in [0.5, 0.6) is 0 Å². The predicted molar refractivity (Wildman–Crippen MR) is 67.8 cm³/mol. The SMILES string of the molecule is Cc1nc(C2CC2)[nH]c(=O)c1C(=O)N1CCCCO1. The Kier molecular flexibility index (Phi) is 3.10. The lowest BCUT2D eigenvalue weighted by molar-refractivity contribution is -0.144. The van der Waals surface area contributed by atoms with Crippen LogP contribution in [0, 0.1) is 6.92 Å². The van der Waals surface area contributed by atoms with Gasteiger partial charge in [-0.3, -0.25) is 14.4 Å². The lowest BCUT2D eigenvalue weighted by atomic mass is 10.2. The highest BCUT2D eigenvalue weighted by Gasteiger charge is 2.29. The highest BCUT2D eigenvalue weighted by Crippen LogP contribution is 2.37. The fraction of sp³-hybridized carbons (Fsp3) is 0.615. The minimum absolute atomic E-state index is 0.103. The average molecular weight is 263 g/mol. The summed E-state index contributed by atoms with van der Waals surface area (Å²) in [7, 11) is 0. The van der Waals surface area contributed by atoms with Gasteiger partial charge in [-0.15, -0.1) is 0 Å². The molecule has 1 amide bonds. The molecule has 6 nitrogen and oxygen atoms in total. The monoisotopic (exact) mass is 263 g/mol. The number of hydrogen-bond donors (Lipinski definition) is 1. The normalized spacial score (nSPS) is 19.5. The van der Waals surface area contributed by atoms with E-state index in [9.17, 15) is 9.59 Å². The number of aryl methyl sites for hydroxylation is 1. The number of nitrogens with zero attached hydrogens (tertiary/aromatic N) is 2. The Labute approximate surface area is 110 Å². The van der Waals surface area contributed by atoms with Gasteiger partial charge in [0.25, 0.3) is 11.5 Å². The van der Waals surface area contributed by atoms with Gasteiger partial charge in [-0.1, -0.05) is 0 Å². The van der Waals surface area contributed by atoms with Crippen molar-refractivity contribution in [1.82, 2.24) is 15.0 Å². The van der Waals surface area contributed by atoms with Gasteiger partial charge in [0.2, 0.25) is 0 Å². The minimum atomic E-state index is -0.381. The highest BCUT2D eigenvalue weighted by molar-refractivity contribution is 5.94. The second-order valence-electron chi connectivity index (χ2n) is 5.13. The van der Waals surface area contributed by atoms with E-state index < -0.39 is 0 Å². The third-order valence-corrected chi connectivity index (χ3v) is 3.53. The van der Waals surface area contributed by atoms with Gasteiger partial charge in [-0.05, 0) is 32.6 Å². The van der Waals surface area contributed by atoms with E-state index in [1.165, 1.54) is 5.06 Å². The van der Waals surface area contributed by atoms with Crippen molar-refractivity contribution in [3.8, 4) is 0 Å². The third kappa shape index (κ3) is 2.40. The van der Waals surface area contributed by atoms with Gasteiger partial charge in [0.1, 0.15) is 11.4 Å². The quantitative estimate of drug-likeness (QED) is 0.867. The van der Waals surface area contributed by atoms with Crippen molar-refractivity contribution < 1.29 is 9.63 Å². The van der Waals surface area contributed by atoms with Crippen molar-refractivity contribution in [2.45, 2.75) is 38.5 Å². The fourth-order valence-corrected chi connectivity index (χ4v) is 2.29. The lowest BCUT2D eigenvalue weighted by Crippen LogP contribution is -2.39. The molecular weight excluding hydrogens is 246 g/mol. The molecule has 6 heteroatoms. The van der Waals surface area contributed by atoms with E-state index >= 15 is 0 Å². The van der Waals surface area contributed by atoms with Crippen molar-refractivity contribution in [3.05, 3.63) is 27.4 Å². The minimum Gasteiger partial charge on any atom is -0.310 e. The molecule has 1 saturated carbocycles. The number of aromatic nitrogens is 2. The van der Waals surface area contributed by atoms with Gasteiger partial charge in [0, 0.05) is 12.5 Å². The first-order chi connectivity index (χ1) is 9.16. The summed E-state index contributed by atoms with van der Waals surface area (Å²) in [4.78, 5) is 36.7. The van der Waals surface area contributed by atoms with Gasteiger partial charge >= 0.3 is 0 Å². The van der Waals surface area contributed by atoms with Gasteiger partial charge in [0.15, 0.2) is 0 Å². The summed E-state index contributed by atoms with van der Waals surface area (Å²) in [6, 6.07) is 0. The maximum atomic E-state index is 12.3. The molecule has 1 aliphatic heterocycles. The molecule has 0 bridgehead atoms. The Balaban J connectivity index is 1.91. The zero-order valence-corrected chi connectivity index (χ0v) is 10.9. The molecule has 2 heterocycles. The Hall–Kier alpha value is -1.69. The van der Waals surface area contributed by atoms with Crippen LogP contribution in [0.1, 0.15) is 53.5 Å². The molecular formula is C13H17N3O3. The van der Waals surface area contributed by atoms with Crippen LogP contribution in [0.15, 0.2) is 4.79 Å². The topological polar surface area (TPSA) is 75.3 Å². The molecule has 1 N–H and O–H groups in total. The zero-order valence-electron chi connectivity index (χ0n) is 10.9. The lowest BCUT2D eigenvalue weighted by Gasteiger charge is -2.25.